The zero-order valence-electron chi connectivity index (χ0n) is 8.50. The van der Waals surface area contributed by atoms with Crippen LogP contribution < -0.4 is 5.73 Å². The third-order valence-corrected chi connectivity index (χ3v) is 3.21. The van der Waals surface area contributed by atoms with E-state index in [1.807, 2.05) is 38.1 Å². The molecule has 3 N–H and O–H groups in total. The highest BCUT2D eigenvalue weighted by atomic mass is 79.9. The maximum absolute atomic E-state index is 9.22. The molecule has 1 aromatic rings. The van der Waals surface area contributed by atoms with Crippen molar-refractivity contribution in [3.8, 4) is 0 Å². The van der Waals surface area contributed by atoms with Gasteiger partial charge in [-0.1, -0.05) is 48.0 Å². The number of aliphatic hydroxyl groups is 1. The Morgan fingerprint density at radius 2 is 2.00 bits per heavy atom. The molecule has 0 aliphatic rings. The number of hydrogen-bond donors (Lipinski definition) is 2. The van der Waals surface area contributed by atoms with Crippen LogP contribution in [0.25, 0.3) is 0 Å². The summed E-state index contributed by atoms with van der Waals surface area (Å²) >= 11 is 3.46. The first-order chi connectivity index (χ1) is 6.49. The molecular formula is C11H16BrNO. The highest BCUT2D eigenvalue weighted by molar-refractivity contribution is 9.10. The minimum atomic E-state index is -0.302. The average Bonchev–Trinajstić information content (AvgIpc) is 2.17. The van der Waals surface area contributed by atoms with E-state index >= 15 is 0 Å². The fourth-order valence-corrected chi connectivity index (χ4v) is 1.78. The molecule has 1 aromatic carbocycles. The van der Waals surface area contributed by atoms with Crippen LogP contribution in [0, 0.1) is 5.41 Å². The van der Waals surface area contributed by atoms with Crippen LogP contribution in [0.4, 0.5) is 0 Å². The van der Waals surface area contributed by atoms with E-state index in [2.05, 4.69) is 15.9 Å². The quantitative estimate of drug-likeness (QED) is 0.874. The fraction of sp³-hybridized carbons (Fsp3) is 0.455. The highest BCUT2D eigenvalue weighted by Crippen LogP contribution is 2.34. The summed E-state index contributed by atoms with van der Waals surface area (Å²) in [6, 6.07) is 7.68. The molecule has 3 heteroatoms. The van der Waals surface area contributed by atoms with E-state index in [1.54, 1.807) is 0 Å². The predicted molar refractivity (Wildman–Crippen MR) is 61.9 cm³/mol. The Kier molecular flexibility index (Phi) is 3.70. The van der Waals surface area contributed by atoms with Crippen LogP contribution >= 0.6 is 15.9 Å². The minimum absolute atomic E-state index is 0.0789. The third-order valence-electron chi connectivity index (χ3n) is 2.49. The van der Waals surface area contributed by atoms with Gasteiger partial charge in [0.05, 0.1) is 0 Å². The number of nitrogens with two attached hydrogens (primary N) is 1. The molecule has 0 heterocycles. The van der Waals surface area contributed by atoms with Crippen LogP contribution in [0.1, 0.15) is 25.5 Å². The molecule has 0 saturated heterocycles. The topological polar surface area (TPSA) is 46.2 Å². The number of aliphatic hydroxyl groups excluding tert-OH is 1. The Morgan fingerprint density at radius 3 is 2.50 bits per heavy atom. The lowest BCUT2D eigenvalue weighted by molar-refractivity contribution is 0.132. The molecule has 14 heavy (non-hydrogen) atoms. The second kappa shape index (κ2) is 4.43. The van der Waals surface area contributed by atoms with Crippen molar-refractivity contribution in [1.82, 2.24) is 0 Å². The summed E-state index contributed by atoms with van der Waals surface area (Å²) in [5, 5.41) is 9.22. The van der Waals surface area contributed by atoms with Crippen LogP contribution in [0.2, 0.25) is 0 Å². The van der Waals surface area contributed by atoms with Crippen molar-refractivity contribution in [3.05, 3.63) is 34.3 Å². The van der Waals surface area contributed by atoms with Gasteiger partial charge in [0.25, 0.3) is 0 Å². The summed E-state index contributed by atoms with van der Waals surface area (Å²) in [6.45, 7) is 3.99. The second-order valence-corrected chi connectivity index (χ2v) is 5.00. The van der Waals surface area contributed by atoms with Gasteiger partial charge in [0.1, 0.15) is 0 Å². The molecule has 0 amide bonds. The van der Waals surface area contributed by atoms with Crippen LogP contribution in [-0.2, 0) is 0 Å². The van der Waals surface area contributed by atoms with Crippen molar-refractivity contribution in [2.45, 2.75) is 19.9 Å². The Labute approximate surface area is 93.3 Å². The lowest BCUT2D eigenvalue weighted by Gasteiger charge is -2.30. The average molecular weight is 258 g/mol. The summed E-state index contributed by atoms with van der Waals surface area (Å²) in [5.74, 6) is 0. The van der Waals surface area contributed by atoms with E-state index < -0.39 is 0 Å². The van der Waals surface area contributed by atoms with E-state index in [-0.39, 0.29) is 18.1 Å². The number of hydrogen-bond acceptors (Lipinski definition) is 2. The van der Waals surface area contributed by atoms with Crippen LogP contribution in [0.15, 0.2) is 28.7 Å². The SMILES string of the molecule is CC(C)(CO)[C@H](N)c1ccccc1Br. The molecule has 0 saturated carbocycles. The van der Waals surface area contributed by atoms with Crippen LogP contribution in [-0.4, -0.2) is 11.7 Å². The molecule has 0 aliphatic heterocycles. The third kappa shape index (κ3) is 2.35. The molecule has 0 aliphatic carbocycles. The summed E-state index contributed by atoms with van der Waals surface area (Å²) in [4.78, 5) is 0. The molecule has 0 radical (unpaired) electrons. The number of halogens is 1. The lowest BCUT2D eigenvalue weighted by Crippen LogP contribution is -2.32. The zero-order valence-corrected chi connectivity index (χ0v) is 10.1. The maximum atomic E-state index is 9.22. The van der Waals surface area contributed by atoms with Crippen molar-refractivity contribution < 1.29 is 5.11 Å². The summed E-state index contributed by atoms with van der Waals surface area (Å²) in [6.07, 6.45) is 0. The number of rotatable bonds is 3. The molecule has 2 nitrogen and oxygen atoms in total. The van der Waals surface area contributed by atoms with Gasteiger partial charge in [0.15, 0.2) is 0 Å². The molecule has 0 spiro atoms. The Bertz CT molecular complexity index is 312. The van der Waals surface area contributed by atoms with Gasteiger partial charge in [0, 0.05) is 22.5 Å². The van der Waals surface area contributed by atoms with Crippen molar-refractivity contribution >= 4 is 15.9 Å². The van der Waals surface area contributed by atoms with Crippen molar-refractivity contribution in [2.24, 2.45) is 11.1 Å². The maximum Gasteiger partial charge on any atom is 0.0500 e. The van der Waals surface area contributed by atoms with Gasteiger partial charge in [-0.25, -0.2) is 0 Å². The van der Waals surface area contributed by atoms with Gasteiger partial charge in [-0.15, -0.1) is 0 Å². The van der Waals surface area contributed by atoms with Gasteiger partial charge in [0.2, 0.25) is 0 Å². The van der Waals surface area contributed by atoms with Gasteiger partial charge >= 0.3 is 0 Å². The molecule has 78 valence electrons. The standard InChI is InChI=1S/C11H16BrNO/c1-11(2,7-14)10(13)8-5-3-4-6-9(8)12/h3-6,10,14H,7,13H2,1-2H3/t10-/m1/s1. The summed E-state index contributed by atoms with van der Waals surface area (Å²) in [5.41, 5.74) is 6.83. The largest absolute Gasteiger partial charge is 0.396 e. The molecule has 1 atom stereocenters. The van der Waals surface area contributed by atoms with E-state index in [0.29, 0.717) is 0 Å². The lowest BCUT2D eigenvalue weighted by atomic mass is 9.82. The number of benzene rings is 1. The smallest absolute Gasteiger partial charge is 0.0500 e. The van der Waals surface area contributed by atoms with Crippen LogP contribution in [0.3, 0.4) is 0 Å². The summed E-state index contributed by atoms with van der Waals surface area (Å²) in [7, 11) is 0. The fourth-order valence-electron chi connectivity index (χ4n) is 1.25. The van der Waals surface area contributed by atoms with Crippen LogP contribution in [0.5, 0.6) is 0 Å². The molecular weight excluding hydrogens is 242 g/mol. The minimum Gasteiger partial charge on any atom is -0.396 e. The van der Waals surface area contributed by atoms with Gasteiger partial charge in [-0.2, -0.15) is 0 Å². The normalized spacial score (nSPS) is 14.1. The Balaban J connectivity index is 3.00. The first kappa shape index (κ1) is 11.7. The first-order valence-corrected chi connectivity index (χ1v) is 5.39. The Morgan fingerprint density at radius 1 is 1.43 bits per heavy atom. The van der Waals surface area contributed by atoms with Crippen molar-refractivity contribution in [3.63, 3.8) is 0 Å². The molecule has 0 fully saturated rings. The van der Waals surface area contributed by atoms with Gasteiger partial charge in [-0.05, 0) is 11.6 Å². The molecule has 1 rings (SSSR count). The van der Waals surface area contributed by atoms with E-state index in [0.717, 1.165) is 10.0 Å². The zero-order chi connectivity index (χ0) is 10.8. The monoisotopic (exact) mass is 257 g/mol. The Hall–Kier alpha value is -0.380. The molecule has 0 bridgehead atoms. The van der Waals surface area contributed by atoms with E-state index in [9.17, 15) is 5.11 Å². The van der Waals surface area contributed by atoms with E-state index in [1.165, 1.54) is 0 Å². The molecule has 0 unspecified atom stereocenters. The van der Waals surface area contributed by atoms with Crippen molar-refractivity contribution in [1.29, 1.82) is 0 Å². The molecule has 0 aromatic heterocycles. The van der Waals surface area contributed by atoms with E-state index in [4.69, 9.17) is 5.73 Å². The van der Waals surface area contributed by atoms with Gasteiger partial charge in [-0.3, -0.25) is 0 Å². The second-order valence-electron chi connectivity index (χ2n) is 4.15. The predicted octanol–water partition coefficient (Wildman–Crippen LogP) is 2.47. The van der Waals surface area contributed by atoms with Crippen molar-refractivity contribution in [2.75, 3.05) is 6.61 Å². The summed E-state index contributed by atoms with van der Waals surface area (Å²) < 4.78 is 0.994. The van der Waals surface area contributed by atoms with Gasteiger partial charge < -0.3 is 10.8 Å². The first-order valence-electron chi connectivity index (χ1n) is 4.60. The highest BCUT2D eigenvalue weighted by Gasteiger charge is 2.27.